The number of hydrogen-bond acceptors (Lipinski definition) is 4. The summed E-state index contributed by atoms with van der Waals surface area (Å²) in [7, 11) is 1.58. The van der Waals surface area contributed by atoms with Crippen LogP contribution in [0.15, 0.2) is 6.33 Å². The minimum absolute atomic E-state index is 0.170. The van der Waals surface area contributed by atoms with E-state index in [1.165, 1.54) is 19.3 Å². The molecule has 1 saturated carbocycles. The van der Waals surface area contributed by atoms with Gasteiger partial charge in [0.05, 0.1) is 13.4 Å². The maximum absolute atomic E-state index is 5.79. The second kappa shape index (κ2) is 3.59. The molecule has 3 rings (SSSR count). The number of nitrogens with zero attached hydrogens (tertiary/aromatic N) is 4. The van der Waals surface area contributed by atoms with Gasteiger partial charge in [0.25, 0.3) is 0 Å². The molecule has 0 spiro atoms. The van der Waals surface area contributed by atoms with Gasteiger partial charge in [0, 0.05) is 6.04 Å². The number of hydrogen-bond donors (Lipinski definition) is 0. The van der Waals surface area contributed by atoms with Crippen LogP contribution in [0, 0.1) is 0 Å². The van der Waals surface area contributed by atoms with Gasteiger partial charge in [0.1, 0.15) is 0 Å². The molecule has 1 aliphatic carbocycles. The molecule has 0 atom stereocenters. The van der Waals surface area contributed by atoms with Crippen LogP contribution in [0.25, 0.3) is 11.2 Å². The Balaban J connectivity index is 2.22. The first-order valence-electron chi connectivity index (χ1n) is 5.23. The Hall–Kier alpha value is -1.36. The number of rotatable bonds is 2. The van der Waals surface area contributed by atoms with Crippen molar-refractivity contribution >= 4 is 22.8 Å². The highest BCUT2D eigenvalue weighted by Gasteiger charge is 2.24. The van der Waals surface area contributed by atoms with Crippen molar-refractivity contribution in [2.75, 3.05) is 7.11 Å². The van der Waals surface area contributed by atoms with Crippen molar-refractivity contribution in [3.8, 4) is 5.88 Å². The molecule has 0 unspecified atom stereocenters. The SMILES string of the molecule is COc1nc(Cl)nc2ncn(C3CCC3)c12. The zero-order chi connectivity index (χ0) is 11.1. The molecule has 0 amide bonds. The van der Waals surface area contributed by atoms with Gasteiger partial charge in [-0.15, -0.1) is 0 Å². The average molecular weight is 239 g/mol. The van der Waals surface area contributed by atoms with Crippen molar-refractivity contribution in [3.63, 3.8) is 0 Å². The zero-order valence-electron chi connectivity index (χ0n) is 8.85. The molecule has 5 nitrogen and oxygen atoms in total. The Morgan fingerprint density at radius 1 is 1.44 bits per heavy atom. The summed E-state index contributed by atoms with van der Waals surface area (Å²) >= 11 is 5.79. The van der Waals surface area contributed by atoms with E-state index in [0.29, 0.717) is 17.6 Å². The minimum Gasteiger partial charge on any atom is -0.479 e. The third-order valence-corrected chi connectivity index (χ3v) is 3.20. The van der Waals surface area contributed by atoms with Crippen molar-refractivity contribution in [2.24, 2.45) is 0 Å². The largest absolute Gasteiger partial charge is 0.479 e. The second-order valence-electron chi connectivity index (χ2n) is 3.91. The summed E-state index contributed by atoms with van der Waals surface area (Å²) in [5, 5.41) is 0.170. The number of fused-ring (bicyclic) bond motifs is 1. The van der Waals surface area contributed by atoms with Gasteiger partial charge >= 0.3 is 0 Å². The van der Waals surface area contributed by atoms with Crippen LogP contribution < -0.4 is 4.74 Å². The van der Waals surface area contributed by atoms with Crippen LogP contribution in [0.1, 0.15) is 25.3 Å². The Morgan fingerprint density at radius 2 is 2.25 bits per heavy atom. The molecule has 6 heteroatoms. The molecule has 2 heterocycles. The van der Waals surface area contributed by atoms with E-state index in [0.717, 1.165) is 5.52 Å². The smallest absolute Gasteiger partial charge is 0.244 e. The van der Waals surface area contributed by atoms with E-state index in [-0.39, 0.29) is 5.28 Å². The zero-order valence-corrected chi connectivity index (χ0v) is 9.61. The molecule has 1 aliphatic rings. The third kappa shape index (κ3) is 1.35. The molecule has 0 bridgehead atoms. The van der Waals surface area contributed by atoms with Gasteiger partial charge in [-0.1, -0.05) is 0 Å². The molecule has 0 aromatic carbocycles. The second-order valence-corrected chi connectivity index (χ2v) is 4.25. The lowest BCUT2D eigenvalue weighted by molar-refractivity contribution is 0.316. The summed E-state index contributed by atoms with van der Waals surface area (Å²) in [4.78, 5) is 12.4. The lowest BCUT2D eigenvalue weighted by atomic mass is 9.93. The van der Waals surface area contributed by atoms with Gasteiger partial charge in [-0.05, 0) is 30.9 Å². The van der Waals surface area contributed by atoms with Crippen LogP contribution in [-0.2, 0) is 0 Å². The highest BCUT2D eigenvalue weighted by Crippen LogP contribution is 2.35. The molecule has 0 saturated heterocycles. The summed E-state index contributed by atoms with van der Waals surface area (Å²) in [6, 6.07) is 0.503. The summed E-state index contributed by atoms with van der Waals surface area (Å²) < 4.78 is 7.32. The fourth-order valence-electron chi connectivity index (χ4n) is 1.97. The van der Waals surface area contributed by atoms with Gasteiger partial charge in [0.2, 0.25) is 11.2 Å². The minimum atomic E-state index is 0.170. The monoisotopic (exact) mass is 238 g/mol. The Labute approximate surface area is 97.4 Å². The Morgan fingerprint density at radius 3 is 2.88 bits per heavy atom. The third-order valence-electron chi connectivity index (χ3n) is 3.03. The number of halogens is 1. The molecule has 84 valence electrons. The Kier molecular flexibility index (Phi) is 2.21. The topological polar surface area (TPSA) is 52.8 Å². The van der Waals surface area contributed by atoms with E-state index in [1.807, 2.05) is 0 Å². The first-order valence-corrected chi connectivity index (χ1v) is 5.61. The van der Waals surface area contributed by atoms with E-state index in [1.54, 1.807) is 13.4 Å². The lowest BCUT2D eigenvalue weighted by Crippen LogP contribution is -2.16. The van der Waals surface area contributed by atoms with E-state index >= 15 is 0 Å². The summed E-state index contributed by atoms with van der Waals surface area (Å²) in [6.45, 7) is 0. The summed E-state index contributed by atoms with van der Waals surface area (Å²) in [5.41, 5.74) is 1.44. The number of imidazole rings is 1. The van der Waals surface area contributed by atoms with Crippen LogP contribution >= 0.6 is 11.6 Å². The predicted octanol–water partition coefficient (Wildman–Crippen LogP) is 2.21. The van der Waals surface area contributed by atoms with E-state index < -0.39 is 0 Å². The first-order chi connectivity index (χ1) is 7.79. The molecule has 2 aromatic rings. The fraction of sp³-hybridized carbons (Fsp3) is 0.500. The average Bonchev–Trinajstić information content (AvgIpc) is 2.58. The van der Waals surface area contributed by atoms with Crippen LogP contribution in [-0.4, -0.2) is 26.6 Å². The number of aromatic nitrogens is 4. The standard InChI is InChI=1S/C10H11ClN4O/c1-16-9-7-8(13-10(11)14-9)12-5-15(7)6-3-2-4-6/h5-6H,2-4H2,1H3. The van der Waals surface area contributed by atoms with Crippen molar-refractivity contribution in [3.05, 3.63) is 11.6 Å². The molecule has 0 N–H and O–H groups in total. The van der Waals surface area contributed by atoms with Crippen molar-refractivity contribution in [1.82, 2.24) is 19.5 Å². The van der Waals surface area contributed by atoms with Crippen LogP contribution in [0.2, 0.25) is 5.28 Å². The van der Waals surface area contributed by atoms with Gasteiger partial charge in [-0.25, -0.2) is 4.98 Å². The van der Waals surface area contributed by atoms with Gasteiger partial charge in [0.15, 0.2) is 11.2 Å². The van der Waals surface area contributed by atoms with E-state index in [2.05, 4.69) is 19.5 Å². The van der Waals surface area contributed by atoms with E-state index in [4.69, 9.17) is 16.3 Å². The predicted molar refractivity (Wildman–Crippen MR) is 59.8 cm³/mol. The summed E-state index contributed by atoms with van der Waals surface area (Å²) in [5.74, 6) is 0.499. The number of ether oxygens (including phenoxy) is 1. The van der Waals surface area contributed by atoms with Crippen molar-refractivity contribution in [1.29, 1.82) is 0 Å². The molecule has 2 aromatic heterocycles. The highest BCUT2D eigenvalue weighted by atomic mass is 35.5. The van der Waals surface area contributed by atoms with E-state index in [9.17, 15) is 0 Å². The van der Waals surface area contributed by atoms with Gasteiger partial charge in [-0.3, -0.25) is 0 Å². The maximum atomic E-state index is 5.79. The van der Waals surface area contributed by atoms with Crippen LogP contribution in [0.4, 0.5) is 0 Å². The maximum Gasteiger partial charge on any atom is 0.244 e. The molecular formula is C10H11ClN4O. The quantitative estimate of drug-likeness (QED) is 0.753. The highest BCUT2D eigenvalue weighted by molar-refractivity contribution is 6.28. The molecule has 1 fully saturated rings. The fourth-order valence-corrected chi connectivity index (χ4v) is 2.13. The molecule has 0 aliphatic heterocycles. The van der Waals surface area contributed by atoms with Crippen molar-refractivity contribution < 1.29 is 4.74 Å². The van der Waals surface area contributed by atoms with Gasteiger partial charge < -0.3 is 9.30 Å². The normalized spacial score (nSPS) is 16.4. The van der Waals surface area contributed by atoms with Crippen molar-refractivity contribution in [2.45, 2.75) is 25.3 Å². The Bertz CT molecular complexity index is 535. The molecular weight excluding hydrogens is 228 g/mol. The first kappa shape index (κ1) is 9.84. The lowest BCUT2D eigenvalue weighted by Gasteiger charge is -2.27. The number of methoxy groups -OCH3 is 1. The van der Waals surface area contributed by atoms with Crippen LogP contribution in [0.5, 0.6) is 5.88 Å². The molecule has 16 heavy (non-hydrogen) atoms. The van der Waals surface area contributed by atoms with Crippen LogP contribution in [0.3, 0.4) is 0 Å². The summed E-state index contributed by atoms with van der Waals surface area (Å²) in [6.07, 6.45) is 5.41. The van der Waals surface area contributed by atoms with Gasteiger partial charge in [-0.2, -0.15) is 9.97 Å². The molecule has 0 radical (unpaired) electrons.